The number of hydrogen-bond donors (Lipinski definition) is 3. The van der Waals surface area contributed by atoms with Crippen LogP contribution in [0.5, 0.6) is 11.5 Å². The van der Waals surface area contributed by atoms with Gasteiger partial charge in [-0.05, 0) is 42.4 Å². The first-order valence-electron chi connectivity index (χ1n) is 10.2. The lowest BCUT2D eigenvalue weighted by Gasteiger charge is -2.27. The summed E-state index contributed by atoms with van der Waals surface area (Å²) in [5, 5.41) is 12.8. The number of aliphatic hydroxyl groups excluding tert-OH is 1. The van der Waals surface area contributed by atoms with E-state index in [0.29, 0.717) is 31.3 Å². The van der Waals surface area contributed by atoms with Crippen LogP contribution < -0.4 is 20.5 Å². The summed E-state index contributed by atoms with van der Waals surface area (Å²) in [6, 6.07) is 5.57. The van der Waals surface area contributed by atoms with Gasteiger partial charge in [-0.3, -0.25) is 4.79 Å². The van der Waals surface area contributed by atoms with Crippen molar-refractivity contribution < 1.29 is 24.1 Å². The maximum atomic E-state index is 11.0. The Balaban J connectivity index is 0.00000841. The molecule has 0 heterocycles. The molecule has 174 valence electrons. The van der Waals surface area contributed by atoms with Crippen molar-refractivity contribution in [3.63, 3.8) is 0 Å². The molecule has 30 heavy (non-hydrogen) atoms. The zero-order valence-corrected chi connectivity index (χ0v) is 19.7. The fourth-order valence-corrected chi connectivity index (χ4v) is 3.15. The van der Waals surface area contributed by atoms with E-state index in [4.69, 9.17) is 19.9 Å². The van der Waals surface area contributed by atoms with Crippen LogP contribution in [0.15, 0.2) is 18.2 Å². The minimum Gasteiger partial charge on any atom is -0.493 e. The number of rotatable bonds is 14. The Hall–Kier alpha value is -1.54. The summed E-state index contributed by atoms with van der Waals surface area (Å²) in [5.74, 6) is 1.93. The minimum absolute atomic E-state index is 0. The Morgan fingerprint density at radius 1 is 1.20 bits per heavy atom. The van der Waals surface area contributed by atoms with Crippen molar-refractivity contribution in [2.24, 2.45) is 17.6 Å². The number of benzene rings is 1. The third-order valence-corrected chi connectivity index (χ3v) is 5.05. The number of nitrogens with one attached hydrogen (secondary N) is 1. The van der Waals surface area contributed by atoms with E-state index in [2.05, 4.69) is 19.2 Å². The van der Waals surface area contributed by atoms with Gasteiger partial charge in [-0.1, -0.05) is 19.9 Å². The van der Waals surface area contributed by atoms with Gasteiger partial charge >= 0.3 is 0 Å². The summed E-state index contributed by atoms with van der Waals surface area (Å²) >= 11 is 0. The molecule has 0 aromatic heterocycles. The highest BCUT2D eigenvalue weighted by Crippen LogP contribution is 2.31. The smallest absolute Gasteiger partial charge is 0.216 e. The van der Waals surface area contributed by atoms with Gasteiger partial charge in [-0.2, -0.15) is 0 Å². The number of methoxy groups -OCH3 is 2. The van der Waals surface area contributed by atoms with Gasteiger partial charge in [0.25, 0.3) is 0 Å². The summed E-state index contributed by atoms with van der Waals surface area (Å²) in [7, 11) is 3.30. The SMILES string of the molecule is COCCCOc1cc(C[C@@H](C[C@H](N)[C@@H](O)CNC(C)=O)C(C)C)ccc1OC.Cl. The molecule has 0 saturated heterocycles. The standard InChI is InChI=1S/C22H38N2O5.ClH/c1-15(2)18(13-19(23)20(26)14-24-16(3)25)11-17-7-8-21(28-5)22(12-17)29-10-6-9-27-4;/h7-8,12,15,18-20,26H,6,9-11,13-14,23H2,1-5H3,(H,24,25);1H/t18-,19-,20-;/m0./s1. The van der Waals surface area contributed by atoms with E-state index < -0.39 is 12.1 Å². The molecule has 3 atom stereocenters. The third-order valence-electron chi connectivity index (χ3n) is 5.05. The molecule has 1 rings (SSSR count). The van der Waals surface area contributed by atoms with Gasteiger partial charge < -0.3 is 30.4 Å². The van der Waals surface area contributed by atoms with E-state index in [1.165, 1.54) is 6.92 Å². The third kappa shape index (κ3) is 10.5. The molecule has 0 aliphatic heterocycles. The van der Waals surface area contributed by atoms with Gasteiger partial charge in [0, 0.05) is 39.6 Å². The first kappa shape index (κ1) is 28.5. The molecule has 0 aliphatic rings. The second-order valence-electron chi connectivity index (χ2n) is 7.79. The lowest BCUT2D eigenvalue weighted by Crippen LogP contribution is -2.44. The molecule has 0 saturated carbocycles. The summed E-state index contributed by atoms with van der Waals surface area (Å²) in [5.41, 5.74) is 7.34. The number of amides is 1. The van der Waals surface area contributed by atoms with Crippen molar-refractivity contribution in [2.45, 2.75) is 52.2 Å². The van der Waals surface area contributed by atoms with Gasteiger partial charge in [-0.25, -0.2) is 0 Å². The Morgan fingerprint density at radius 2 is 1.90 bits per heavy atom. The molecule has 1 aromatic carbocycles. The monoisotopic (exact) mass is 446 g/mol. The Bertz CT molecular complexity index is 615. The number of halogens is 1. The topological polar surface area (TPSA) is 103 Å². The van der Waals surface area contributed by atoms with Crippen LogP contribution in [0.25, 0.3) is 0 Å². The molecule has 1 amide bonds. The van der Waals surface area contributed by atoms with Gasteiger partial charge in [0.2, 0.25) is 5.91 Å². The molecule has 0 aliphatic carbocycles. The van der Waals surface area contributed by atoms with Crippen LogP contribution in [0.3, 0.4) is 0 Å². The Morgan fingerprint density at radius 3 is 2.47 bits per heavy atom. The second kappa shape index (κ2) is 15.3. The number of carbonyl (C=O) groups excluding carboxylic acids is 1. The summed E-state index contributed by atoms with van der Waals surface area (Å²) in [6.45, 7) is 7.11. The molecule has 0 spiro atoms. The first-order chi connectivity index (χ1) is 13.8. The molecule has 1 aromatic rings. The van der Waals surface area contributed by atoms with E-state index in [1.807, 2.05) is 18.2 Å². The van der Waals surface area contributed by atoms with Crippen molar-refractivity contribution >= 4 is 18.3 Å². The predicted octanol–water partition coefficient (Wildman–Crippen LogP) is 2.56. The molecular formula is C22H39ClN2O5. The first-order valence-corrected chi connectivity index (χ1v) is 10.2. The highest BCUT2D eigenvalue weighted by Gasteiger charge is 2.23. The van der Waals surface area contributed by atoms with E-state index in [9.17, 15) is 9.90 Å². The predicted molar refractivity (Wildman–Crippen MR) is 122 cm³/mol. The van der Waals surface area contributed by atoms with Crippen molar-refractivity contribution in [1.82, 2.24) is 5.32 Å². The number of hydrogen-bond acceptors (Lipinski definition) is 6. The van der Waals surface area contributed by atoms with Crippen molar-refractivity contribution in [3.8, 4) is 11.5 Å². The van der Waals surface area contributed by atoms with E-state index in [0.717, 1.165) is 24.2 Å². The average molecular weight is 447 g/mol. The zero-order chi connectivity index (χ0) is 21.8. The fraction of sp³-hybridized carbons (Fsp3) is 0.682. The van der Waals surface area contributed by atoms with Crippen LogP contribution in [0, 0.1) is 11.8 Å². The largest absolute Gasteiger partial charge is 0.493 e. The normalized spacial score (nSPS) is 13.9. The van der Waals surface area contributed by atoms with Crippen LogP contribution >= 0.6 is 12.4 Å². The highest BCUT2D eigenvalue weighted by atomic mass is 35.5. The van der Waals surface area contributed by atoms with Crippen LogP contribution in [0.2, 0.25) is 0 Å². The average Bonchev–Trinajstić information content (AvgIpc) is 2.68. The Labute approximate surface area is 187 Å². The minimum atomic E-state index is -0.768. The maximum absolute atomic E-state index is 11.0. The Kier molecular flexibility index (Phi) is 14.5. The van der Waals surface area contributed by atoms with E-state index >= 15 is 0 Å². The van der Waals surface area contributed by atoms with Gasteiger partial charge in [-0.15, -0.1) is 12.4 Å². The van der Waals surface area contributed by atoms with Crippen molar-refractivity contribution in [2.75, 3.05) is 34.0 Å². The second-order valence-corrected chi connectivity index (χ2v) is 7.79. The quantitative estimate of drug-likeness (QED) is 0.379. The zero-order valence-electron chi connectivity index (χ0n) is 18.8. The molecule has 0 fully saturated rings. The molecule has 7 nitrogen and oxygen atoms in total. The molecular weight excluding hydrogens is 408 g/mol. The van der Waals surface area contributed by atoms with Crippen LogP contribution in [-0.2, 0) is 16.0 Å². The van der Waals surface area contributed by atoms with Gasteiger partial charge in [0.15, 0.2) is 11.5 Å². The van der Waals surface area contributed by atoms with Crippen molar-refractivity contribution in [1.29, 1.82) is 0 Å². The van der Waals surface area contributed by atoms with Crippen LogP contribution in [0.1, 0.15) is 39.2 Å². The number of carbonyl (C=O) groups is 1. The molecule has 8 heteroatoms. The maximum Gasteiger partial charge on any atom is 0.216 e. The van der Waals surface area contributed by atoms with Gasteiger partial charge in [0.05, 0.1) is 19.8 Å². The van der Waals surface area contributed by atoms with Crippen LogP contribution in [-0.4, -0.2) is 57.1 Å². The number of nitrogens with two attached hydrogens (primary N) is 1. The lowest BCUT2D eigenvalue weighted by atomic mass is 9.83. The lowest BCUT2D eigenvalue weighted by molar-refractivity contribution is -0.119. The summed E-state index contributed by atoms with van der Waals surface area (Å²) in [6.07, 6.45) is 1.51. The highest BCUT2D eigenvalue weighted by molar-refractivity contribution is 5.85. The van der Waals surface area contributed by atoms with E-state index in [-0.39, 0.29) is 30.8 Å². The molecule has 4 N–H and O–H groups in total. The summed E-state index contributed by atoms with van der Waals surface area (Å²) in [4.78, 5) is 11.0. The number of aliphatic hydroxyl groups is 1. The van der Waals surface area contributed by atoms with Gasteiger partial charge in [0.1, 0.15) is 0 Å². The molecule has 0 bridgehead atoms. The van der Waals surface area contributed by atoms with Crippen LogP contribution in [0.4, 0.5) is 0 Å². The molecule has 0 radical (unpaired) electrons. The number of ether oxygens (including phenoxy) is 3. The summed E-state index contributed by atoms with van der Waals surface area (Å²) < 4.78 is 16.3. The molecule has 0 unspecified atom stereocenters. The van der Waals surface area contributed by atoms with E-state index in [1.54, 1.807) is 14.2 Å². The van der Waals surface area contributed by atoms with Crippen molar-refractivity contribution in [3.05, 3.63) is 23.8 Å². The fourth-order valence-electron chi connectivity index (χ4n) is 3.15.